The van der Waals surface area contributed by atoms with Gasteiger partial charge in [0.1, 0.15) is 5.82 Å². The van der Waals surface area contributed by atoms with Crippen LogP contribution in [0.2, 0.25) is 0 Å². The van der Waals surface area contributed by atoms with E-state index in [9.17, 15) is 18.0 Å². The van der Waals surface area contributed by atoms with Gasteiger partial charge in [-0.05, 0) is 31.2 Å². The van der Waals surface area contributed by atoms with Crippen LogP contribution >= 0.6 is 11.8 Å². The zero-order valence-electron chi connectivity index (χ0n) is 14.2. The lowest BCUT2D eigenvalue weighted by molar-refractivity contribution is -0.113. The van der Waals surface area contributed by atoms with Crippen molar-refractivity contribution in [1.82, 2.24) is 14.8 Å². The normalized spacial score (nSPS) is 10.8. The maximum atomic E-state index is 14.0. The third kappa shape index (κ3) is 4.30. The molecule has 0 radical (unpaired) electrons. The minimum Gasteiger partial charge on any atom is -0.325 e. The lowest BCUT2D eigenvalue weighted by Crippen LogP contribution is -2.15. The van der Waals surface area contributed by atoms with Gasteiger partial charge in [-0.3, -0.25) is 4.79 Å². The monoisotopic (exact) mass is 392 g/mol. The Kier molecular flexibility index (Phi) is 5.80. The first-order valence-corrected chi connectivity index (χ1v) is 9.04. The van der Waals surface area contributed by atoms with E-state index in [1.807, 2.05) is 6.92 Å². The molecule has 0 aliphatic rings. The quantitative estimate of drug-likeness (QED) is 0.642. The summed E-state index contributed by atoms with van der Waals surface area (Å²) in [4.78, 5) is 12.0. The second-order valence-electron chi connectivity index (χ2n) is 5.50. The van der Waals surface area contributed by atoms with Crippen LogP contribution in [0.3, 0.4) is 0 Å². The number of hydrogen-bond acceptors (Lipinski definition) is 4. The lowest BCUT2D eigenvalue weighted by atomic mass is 10.2. The fourth-order valence-corrected chi connectivity index (χ4v) is 3.23. The molecule has 0 unspecified atom stereocenters. The lowest BCUT2D eigenvalue weighted by Gasteiger charge is -2.08. The van der Waals surface area contributed by atoms with E-state index in [-0.39, 0.29) is 11.4 Å². The van der Waals surface area contributed by atoms with E-state index >= 15 is 0 Å². The number of carbonyl (C=O) groups excluding carboxylic acids is 1. The molecule has 1 heterocycles. The van der Waals surface area contributed by atoms with Gasteiger partial charge in [0.25, 0.3) is 0 Å². The molecule has 0 aliphatic heterocycles. The van der Waals surface area contributed by atoms with Gasteiger partial charge in [-0.25, -0.2) is 13.2 Å². The van der Waals surface area contributed by atoms with Crippen molar-refractivity contribution in [3.05, 3.63) is 59.9 Å². The second-order valence-corrected chi connectivity index (χ2v) is 6.44. The summed E-state index contributed by atoms with van der Waals surface area (Å²) in [5.74, 6) is -2.50. The minimum absolute atomic E-state index is 0.0194. The van der Waals surface area contributed by atoms with Crippen molar-refractivity contribution in [1.29, 1.82) is 0 Å². The van der Waals surface area contributed by atoms with Gasteiger partial charge in [0.15, 0.2) is 22.6 Å². The molecule has 0 atom stereocenters. The summed E-state index contributed by atoms with van der Waals surface area (Å²) in [6, 6.07) is 9.35. The van der Waals surface area contributed by atoms with Gasteiger partial charge in [-0.2, -0.15) is 0 Å². The number of anilines is 1. The number of benzene rings is 2. The second kappa shape index (κ2) is 8.26. The van der Waals surface area contributed by atoms with Crippen molar-refractivity contribution in [2.45, 2.75) is 18.6 Å². The van der Waals surface area contributed by atoms with Crippen molar-refractivity contribution in [2.75, 3.05) is 11.1 Å². The molecule has 0 saturated heterocycles. The molecular formula is C18H15F3N4OS. The Balaban J connectivity index is 1.70. The molecule has 0 bridgehead atoms. The van der Waals surface area contributed by atoms with Gasteiger partial charge in [-0.15, -0.1) is 10.2 Å². The molecule has 2 aromatic carbocycles. The predicted octanol–water partition coefficient (Wildman–Crippen LogP) is 4.11. The van der Waals surface area contributed by atoms with E-state index in [4.69, 9.17) is 0 Å². The molecule has 0 fully saturated rings. The average molecular weight is 392 g/mol. The molecule has 0 aliphatic carbocycles. The van der Waals surface area contributed by atoms with Crippen molar-refractivity contribution >= 4 is 23.4 Å². The van der Waals surface area contributed by atoms with Gasteiger partial charge in [0, 0.05) is 18.3 Å². The van der Waals surface area contributed by atoms with Crippen molar-refractivity contribution < 1.29 is 18.0 Å². The molecule has 9 heteroatoms. The molecule has 5 nitrogen and oxygen atoms in total. The van der Waals surface area contributed by atoms with Crippen molar-refractivity contribution in [3.63, 3.8) is 0 Å². The maximum absolute atomic E-state index is 14.0. The summed E-state index contributed by atoms with van der Waals surface area (Å²) >= 11 is 1.11. The number of nitrogens with one attached hydrogen (secondary N) is 1. The van der Waals surface area contributed by atoms with Gasteiger partial charge in [0.2, 0.25) is 5.91 Å². The van der Waals surface area contributed by atoms with E-state index in [2.05, 4.69) is 15.5 Å². The molecule has 1 aromatic heterocycles. The summed E-state index contributed by atoms with van der Waals surface area (Å²) in [7, 11) is 0. The number of carbonyl (C=O) groups is 1. The van der Waals surface area contributed by atoms with Crippen LogP contribution in [0.15, 0.2) is 47.6 Å². The Bertz CT molecular complexity index is 977. The fraction of sp³-hybridized carbons (Fsp3) is 0.167. The van der Waals surface area contributed by atoms with Crippen LogP contribution in [-0.4, -0.2) is 26.4 Å². The number of rotatable bonds is 6. The highest BCUT2D eigenvalue weighted by molar-refractivity contribution is 7.99. The third-order valence-electron chi connectivity index (χ3n) is 3.68. The predicted molar refractivity (Wildman–Crippen MR) is 96.8 cm³/mol. The van der Waals surface area contributed by atoms with Gasteiger partial charge < -0.3 is 9.88 Å². The first-order chi connectivity index (χ1) is 13.0. The molecule has 0 spiro atoms. The van der Waals surface area contributed by atoms with Crippen LogP contribution in [-0.2, 0) is 11.3 Å². The van der Waals surface area contributed by atoms with E-state index in [0.29, 0.717) is 23.1 Å². The smallest absolute Gasteiger partial charge is 0.234 e. The van der Waals surface area contributed by atoms with Crippen LogP contribution in [0.1, 0.15) is 6.92 Å². The zero-order valence-corrected chi connectivity index (χ0v) is 15.1. The van der Waals surface area contributed by atoms with Crippen LogP contribution in [0.5, 0.6) is 0 Å². The molecule has 27 heavy (non-hydrogen) atoms. The van der Waals surface area contributed by atoms with Crippen LogP contribution in [0, 0.1) is 17.5 Å². The fourth-order valence-electron chi connectivity index (χ4n) is 2.42. The molecular weight excluding hydrogens is 377 g/mol. The third-order valence-corrected chi connectivity index (χ3v) is 4.65. The number of nitrogens with zero attached hydrogens (tertiary/aromatic N) is 3. The maximum Gasteiger partial charge on any atom is 0.234 e. The summed E-state index contributed by atoms with van der Waals surface area (Å²) < 4.78 is 41.8. The summed E-state index contributed by atoms with van der Waals surface area (Å²) in [5.41, 5.74) is 0.480. The first kappa shape index (κ1) is 19.0. The van der Waals surface area contributed by atoms with Gasteiger partial charge in [0.05, 0.1) is 11.3 Å². The largest absolute Gasteiger partial charge is 0.325 e. The standard InChI is InChI=1S/C18H15F3N4OS/c1-2-25-17(12-5-3-4-6-13(12)19)23-24-18(25)27-10-16(26)22-11-7-8-14(20)15(21)9-11/h3-9H,2,10H2,1H3,(H,22,26). The number of thioether (sulfide) groups is 1. The average Bonchev–Trinajstić information content (AvgIpc) is 3.06. The molecule has 3 rings (SSSR count). The Hall–Kier alpha value is -2.81. The number of aromatic nitrogens is 3. The topological polar surface area (TPSA) is 59.8 Å². The Morgan fingerprint density at radius 3 is 2.56 bits per heavy atom. The van der Waals surface area contributed by atoms with Crippen LogP contribution in [0.4, 0.5) is 18.9 Å². The van der Waals surface area contributed by atoms with Crippen LogP contribution < -0.4 is 5.32 Å². The van der Waals surface area contributed by atoms with Crippen molar-refractivity contribution in [2.24, 2.45) is 0 Å². The Morgan fingerprint density at radius 2 is 1.85 bits per heavy atom. The Morgan fingerprint density at radius 1 is 1.07 bits per heavy atom. The Labute approximate surface area is 157 Å². The van der Waals surface area contributed by atoms with E-state index < -0.39 is 23.4 Å². The van der Waals surface area contributed by atoms with Crippen LogP contribution in [0.25, 0.3) is 11.4 Å². The number of halogens is 3. The highest BCUT2D eigenvalue weighted by Gasteiger charge is 2.17. The highest BCUT2D eigenvalue weighted by atomic mass is 32.2. The number of amides is 1. The minimum atomic E-state index is -1.04. The van der Waals surface area contributed by atoms with E-state index in [1.165, 1.54) is 12.1 Å². The summed E-state index contributed by atoms with van der Waals surface area (Å²) in [6.45, 7) is 2.35. The molecule has 0 saturated carbocycles. The van der Waals surface area contributed by atoms with E-state index in [0.717, 1.165) is 23.9 Å². The van der Waals surface area contributed by atoms with Crippen molar-refractivity contribution in [3.8, 4) is 11.4 Å². The zero-order chi connectivity index (χ0) is 19.4. The SMILES string of the molecule is CCn1c(SCC(=O)Nc2ccc(F)c(F)c2)nnc1-c1ccccc1F. The summed E-state index contributed by atoms with van der Waals surface area (Å²) in [5, 5.41) is 11.0. The van der Waals surface area contributed by atoms with Gasteiger partial charge >= 0.3 is 0 Å². The first-order valence-electron chi connectivity index (χ1n) is 8.05. The molecule has 140 valence electrons. The molecule has 3 aromatic rings. The molecule has 1 N–H and O–H groups in total. The van der Waals surface area contributed by atoms with E-state index in [1.54, 1.807) is 22.8 Å². The number of hydrogen-bond donors (Lipinski definition) is 1. The molecule has 1 amide bonds. The highest BCUT2D eigenvalue weighted by Crippen LogP contribution is 2.26. The summed E-state index contributed by atoms with van der Waals surface area (Å²) in [6.07, 6.45) is 0. The van der Waals surface area contributed by atoms with Gasteiger partial charge in [-0.1, -0.05) is 23.9 Å².